The fourth-order valence-electron chi connectivity index (χ4n) is 3.14. The lowest BCUT2D eigenvalue weighted by molar-refractivity contribution is -0.0258. The van der Waals surface area contributed by atoms with Gasteiger partial charge in [0.25, 0.3) is 10.1 Å². The fraction of sp³-hybridized carbons (Fsp3) is 0.800. The van der Waals surface area contributed by atoms with Crippen LogP contribution in [0.1, 0.15) is 25.8 Å². The zero-order chi connectivity index (χ0) is 31.3. The van der Waals surface area contributed by atoms with Gasteiger partial charge in [-0.2, -0.15) is 8.42 Å². The molecule has 0 fully saturated rings. The number of rotatable bonds is 32. The summed E-state index contributed by atoms with van der Waals surface area (Å²) in [5, 5.41) is 0. The zero-order valence-electron chi connectivity index (χ0n) is 26.3. The van der Waals surface area contributed by atoms with E-state index >= 15 is 0 Å². The van der Waals surface area contributed by atoms with Gasteiger partial charge in [0.15, 0.2) is 0 Å². The van der Waals surface area contributed by atoms with E-state index in [1.807, 2.05) is 6.92 Å². The van der Waals surface area contributed by atoms with E-state index in [9.17, 15) is 8.42 Å². The summed E-state index contributed by atoms with van der Waals surface area (Å²) in [5.74, 6) is 0.590. The number of ether oxygens (including phenoxy) is 9. The van der Waals surface area contributed by atoms with E-state index in [1.165, 1.54) is 12.1 Å². The van der Waals surface area contributed by atoms with Gasteiger partial charge in [-0.25, -0.2) is 0 Å². The zero-order valence-corrected chi connectivity index (χ0v) is 27.2. The Hall–Kier alpha value is -1.23. The molecule has 0 radical (unpaired) electrons. The quantitative estimate of drug-likeness (QED) is 0.0851. The van der Waals surface area contributed by atoms with E-state index < -0.39 is 10.1 Å². The molecule has 1 aromatic carbocycles. The summed E-state index contributed by atoms with van der Waals surface area (Å²) in [4.78, 5) is 0.131. The Kier molecular flexibility index (Phi) is 26.2. The normalized spacial score (nSPS) is 12.6. The minimum Gasteiger partial charge on any atom is -0.379 e. The van der Waals surface area contributed by atoms with Crippen molar-refractivity contribution in [2.24, 2.45) is 5.92 Å². The maximum atomic E-state index is 12.1. The van der Waals surface area contributed by atoms with Crippen molar-refractivity contribution >= 4 is 10.1 Å². The lowest BCUT2D eigenvalue weighted by atomic mass is 10.1. The molecule has 0 saturated heterocycles. The number of hydrogen-bond donors (Lipinski definition) is 0. The van der Waals surface area contributed by atoms with Crippen LogP contribution in [-0.4, -0.2) is 134 Å². The second-order valence-corrected chi connectivity index (χ2v) is 11.2. The predicted octanol–water partition coefficient (Wildman–Crippen LogP) is 2.90. The number of hydrogen-bond acceptors (Lipinski definition) is 12. The van der Waals surface area contributed by atoms with Crippen LogP contribution in [0.4, 0.5) is 0 Å². The molecule has 0 aliphatic rings. The van der Waals surface area contributed by atoms with E-state index in [0.717, 1.165) is 18.6 Å². The summed E-state index contributed by atoms with van der Waals surface area (Å²) in [5.41, 5.74) is 0.978. The summed E-state index contributed by atoms with van der Waals surface area (Å²) >= 11 is 0. The van der Waals surface area contributed by atoms with Gasteiger partial charge in [0.05, 0.1) is 124 Å². The Bertz CT molecular complexity index is 838. The van der Waals surface area contributed by atoms with E-state index in [0.29, 0.717) is 112 Å². The van der Waals surface area contributed by atoms with Crippen molar-refractivity contribution in [3.63, 3.8) is 0 Å². The van der Waals surface area contributed by atoms with Gasteiger partial charge in [-0.05, 0) is 25.0 Å². The number of benzene rings is 1. The minimum absolute atomic E-state index is 0.0551. The van der Waals surface area contributed by atoms with Crippen LogP contribution in [0.2, 0.25) is 0 Å². The molecule has 0 aliphatic heterocycles. The average Bonchev–Trinajstić information content (AvgIpc) is 3.00. The van der Waals surface area contributed by atoms with Gasteiger partial charge in [0.1, 0.15) is 0 Å². The standard InChI is InChI=1S/C30H54O12S/c1-4-28(2)27-41-24-23-39-20-19-37-16-15-35-12-11-33-9-10-34-13-14-36-17-18-38-21-22-40-25-26-42-43(31,32)30-7-5-29(3)6-8-30/h5-8,28H,4,9-27H2,1-3H3. The van der Waals surface area contributed by atoms with Crippen molar-refractivity contribution in [1.29, 1.82) is 0 Å². The van der Waals surface area contributed by atoms with E-state index in [2.05, 4.69) is 13.8 Å². The van der Waals surface area contributed by atoms with Crippen LogP contribution in [0.15, 0.2) is 29.2 Å². The number of aryl methyl sites for hydroxylation is 1. The summed E-state index contributed by atoms with van der Waals surface area (Å²) in [6.07, 6.45) is 1.13. The van der Waals surface area contributed by atoms with Crippen LogP contribution in [0, 0.1) is 12.8 Å². The second kappa shape index (κ2) is 28.3. The first-order valence-electron chi connectivity index (χ1n) is 15.1. The van der Waals surface area contributed by atoms with Crippen LogP contribution < -0.4 is 0 Å². The van der Waals surface area contributed by atoms with E-state index in [4.69, 9.17) is 46.8 Å². The Morgan fingerprint density at radius 2 is 0.814 bits per heavy atom. The van der Waals surface area contributed by atoms with Crippen molar-refractivity contribution in [1.82, 2.24) is 0 Å². The minimum atomic E-state index is -3.77. The maximum absolute atomic E-state index is 12.1. The molecule has 43 heavy (non-hydrogen) atoms. The van der Waals surface area contributed by atoms with Gasteiger partial charge in [-0.3, -0.25) is 4.18 Å². The lowest BCUT2D eigenvalue weighted by Gasteiger charge is -2.10. The third kappa shape index (κ3) is 24.7. The average molecular weight is 639 g/mol. The largest absolute Gasteiger partial charge is 0.379 e. The van der Waals surface area contributed by atoms with Gasteiger partial charge in [0.2, 0.25) is 0 Å². The molecule has 0 N–H and O–H groups in total. The first-order chi connectivity index (χ1) is 21.0. The molecule has 1 unspecified atom stereocenters. The first-order valence-corrected chi connectivity index (χ1v) is 16.5. The van der Waals surface area contributed by atoms with Gasteiger partial charge < -0.3 is 42.6 Å². The highest BCUT2D eigenvalue weighted by Gasteiger charge is 2.14. The molecule has 0 aliphatic carbocycles. The SMILES string of the molecule is CCC(C)COCCOCCOCCOCCOCCOCCOCCOCCOCCOS(=O)(=O)c1ccc(C)cc1. The van der Waals surface area contributed by atoms with Gasteiger partial charge in [-0.15, -0.1) is 0 Å². The highest BCUT2D eigenvalue weighted by molar-refractivity contribution is 7.86. The Morgan fingerprint density at radius 3 is 1.14 bits per heavy atom. The van der Waals surface area contributed by atoms with Crippen LogP contribution >= 0.6 is 0 Å². The van der Waals surface area contributed by atoms with Crippen LogP contribution in [-0.2, 0) is 56.9 Å². The molecule has 0 spiro atoms. The molecule has 0 amide bonds. The second-order valence-electron chi connectivity index (χ2n) is 9.58. The molecule has 0 aromatic heterocycles. The summed E-state index contributed by atoms with van der Waals surface area (Å²) in [6, 6.07) is 6.49. The molecule has 0 heterocycles. The Labute approximate surface area is 258 Å². The van der Waals surface area contributed by atoms with Gasteiger partial charge >= 0.3 is 0 Å². The van der Waals surface area contributed by atoms with Gasteiger partial charge in [-0.1, -0.05) is 38.0 Å². The molecule has 1 rings (SSSR count). The summed E-state index contributed by atoms with van der Waals surface area (Å²) < 4.78 is 78.1. The smallest absolute Gasteiger partial charge is 0.297 e. The highest BCUT2D eigenvalue weighted by Crippen LogP contribution is 2.12. The molecule has 1 aromatic rings. The summed E-state index contributed by atoms with van der Waals surface area (Å²) in [7, 11) is -3.77. The van der Waals surface area contributed by atoms with Crippen molar-refractivity contribution in [3.8, 4) is 0 Å². The summed E-state index contributed by atoms with van der Waals surface area (Å²) in [6.45, 7) is 14.9. The Balaban J connectivity index is 1.70. The van der Waals surface area contributed by atoms with Crippen molar-refractivity contribution < 1.29 is 55.2 Å². The predicted molar refractivity (Wildman–Crippen MR) is 161 cm³/mol. The molecule has 0 bridgehead atoms. The molecular formula is C30H54O12S. The molecule has 13 heteroatoms. The van der Waals surface area contributed by atoms with Crippen LogP contribution in [0.25, 0.3) is 0 Å². The fourth-order valence-corrected chi connectivity index (χ4v) is 4.03. The van der Waals surface area contributed by atoms with Crippen LogP contribution in [0.5, 0.6) is 0 Å². The van der Waals surface area contributed by atoms with E-state index in [-0.39, 0.29) is 18.1 Å². The Morgan fingerprint density at radius 1 is 0.512 bits per heavy atom. The van der Waals surface area contributed by atoms with Crippen molar-refractivity contribution in [2.45, 2.75) is 32.1 Å². The van der Waals surface area contributed by atoms with E-state index in [1.54, 1.807) is 12.1 Å². The molecular weight excluding hydrogens is 584 g/mol. The van der Waals surface area contributed by atoms with Crippen molar-refractivity contribution in [3.05, 3.63) is 29.8 Å². The van der Waals surface area contributed by atoms with Crippen LogP contribution in [0.3, 0.4) is 0 Å². The molecule has 1 atom stereocenters. The maximum Gasteiger partial charge on any atom is 0.297 e. The topological polar surface area (TPSA) is 126 Å². The molecule has 12 nitrogen and oxygen atoms in total. The molecule has 0 saturated carbocycles. The van der Waals surface area contributed by atoms with Gasteiger partial charge in [0, 0.05) is 6.61 Å². The monoisotopic (exact) mass is 638 g/mol. The molecule has 252 valence electrons. The van der Waals surface area contributed by atoms with Crippen molar-refractivity contribution in [2.75, 3.05) is 126 Å². The third-order valence-electron chi connectivity index (χ3n) is 5.85. The third-order valence-corrected chi connectivity index (χ3v) is 7.18. The lowest BCUT2D eigenvalue weighted by Crippen LogP contribution is -2.15. The first kappa shape index (κ1) is 39.8. The highest BCUT2D eigenvalue weighted by atomic mass is 32.2.